The maximum Gasteiger partial charge on any atom is 0.0518 e. The van der Waals surface area contributed by atoms with Gasteiger partial charge in [-0.3, -0.25) is 9.36 Å². The Labute approximate surface area is 95.1 Å². The molecule has 0 atom stereocenters. The largest absolute Gasteiger partial charge is 0.311 e. The van der Waals surface area contributed by atoms with Crippen molar-refractivity contribution in [3.05, 3.63) is 36.4 Å². The molecule has 2 rings (SSSR count). The number of nitrogens with zero attached hydrogens (tertiary/aromatic N) is 4. The van der Waals surface area contributed by atoms with Crippen molar-refractivity contribution < 1.29 is 0 Å². The summed E-state index contributed by atoms with van der Waals surface area (Å²) in [5, 5.41) is 11.7. The molecule has 0 aliphatic heterocycles. The van der Waals surface area contributed by atoms with Crippen LogP contribution in [0.15, 0.2) is 30.7 Å². The van der Waals surface area contributed by atoms with Crippen LogP contribution in [0.4, 0.5) is 0 Å². The zero-order valence-corrected chi connectivity index (χ0v) is 9.50. The normalized spacial score (nSPS) is 10.8. The fraction of sp³-hybridized carbons (Fsp3) is 0.455. The number of aromatic nitrogens is 4. The van der Waals surface area contributed by atoms with Crippen LogP contribution >= 0.6 is 0 Å². The van der Waals surface area contributed by atoms with Gasteiger partial charge in [-0.2, -0.15) is 10.2 Å². The summed E-state index contributed by atoms with van der Waals surface area (Å²) in [6.45, 7) is 2.83. The summed E-state index contributed by atoms with van der Waals surface area (Å²) in [5.41, 5.74) is 1.21. The lowest BCUT2D eigenvalue weighted by atomic mass is 10.4. The zero-order valence-electron chi connectivity index (χ0n) is 9.50. The van der Waals surface area contributed by atoms with E-state index < -0.39 is 0 Å². The molecule has 5 nitrogen and oxygen atoms in total. The van der Waals surface area contributed by atoms with Gasteiger partial charge in [-0.1, -0.05) is 0 Å². The van der Waals surface area contributed by atoms with Crippen molar-refractivity contribution in [3.8, 4) is 0 Å². The van der Waals surface area contributed by atoms with E-state index in [1.54, 1.807) is 0 Å². The lowest BCUT2D eigenvalue weighted by molar-refractivity contribution is 0.534. The summed E-state index contributed by atoms with van der Waals surface area (Å²) in [4.78, 5) is 0. The Bertz CT molecular complexity index is 404. The van der Waals surface area contributed by atoms with Gasteiger partial charge in [0.25, 0.3) is 0 Å². The van der Waals surface area contributed by atoms with E-state index in [1.165, 1.54) is 5.69 Å². The van der Waals surface area contributed by atoms with Gasteiger partial charge in [0.05, 0.1) is 5.69 Å². The summed E-state index contributed by atoms with van der Waals surface area (Å²) in [6, 6.07) is 3.98. The molecule has 0 aromatic carbocycles. The molecule has 0 saturated heterocycles. The first kappa shape index (κ1) is 10.9. The lowest BCUT2D eigenvalue weighted by Gasteiger charge is -2.05. The fourth-order valence-corrected chi connectivity index (χ4v) is 1.59. The summed E-state index contributed by atoms with van der Waals surface area (Å²) in [5.74, 6) is 0. The summed E-state index contributed by atoms with van der Waals surface area (Å²) in [7, 11) is 1.96. The Morgan fingerprint density at radius 2 is 2.25 bits per heavy atom. The second-order valence-corrected chi connectivity index (χ2v) is 3.75. The number of aryl methyl sites for hydroxylation is 2. The van der Waals surface area contributed by atoms with Crippen molar-refractivity contribution in [1.82, 2.24) is 24.9 Å². The van der Waals surface area contributed by atoms with E-state index in [2.05, 4.69) is 15.5 Å². The molecule has 0 bridgehead atoms. The standard InChI is InChI=1S/C11H17N5/c1-15-11(4-7-13-15)10-12-5-2-8-16-9-3-6-14-16/h3-4,6-7,9,12H,2,5,8,10H2,1H3. The molecule has 0 radical (unpaired) electrons. The Morgan fingerprint density at radius 1 is 1.31 bits per heavy atom. The Balaban J connectivity index is 1.61. The Hall–Kier alpha value is -1.62. The Morgan fingerprint density at radius 3 is 2.94 bits per heavy atom. The third kappa shape index (κ3) is 2.93. The minimum absolute atomic E-state index is 0.871. The lowest BCUT2D eigenvalue weighted by Crippen LogP contribution is -2.18. The van der Waals surface area contributed by atoms with E-state index >= 15 is 0 Å². The molecule has 0 saturated carbocycles. The number of hydrogen-bond donors (Lipinski definition) is 1. The first-order valence-electron chi connectivity index (χ1n) is 5.51. The molecule has 2 aromatic heterocycles. The van der Waals surface area contributed by atoms with Gasteiger partial charge in [-0.05, 0) is 25.1 Å². The highest BCUT2D eigenvalue weighted by atomic mass is 15.3. The van der Waals surface area contributed by atoms with Crippen LogP contribution in [0.2, 0.25) is 0 Å². The number of nitrogens with one attached hydrogen (secondary N) is 1. The molecule has 0 fully saturated rings. The van der Waals surface area contributed by atoms with E-state index in [-0.39, 0.29) is 0 Å². The van der Waals surface area contributed by atoms with Gasteiger partial charge in [0.2, 0.25) is 0 Å². The molecule has 0 unspecified atom stereocenters. The highest BCUT2D eigenvalue weighted by Gasteiger charge is 1.97. The first-order valence-corrected chi connectivity index (χ1v) is 5.51. The third-order valence-electron chi connectivity index (χ3n) is 2.53. The van der Waals surface area contributed by atoms with Crippen molar-refractivity contribution in [3.63, 3.8) is 0 Å². The topological polar surface area (TPSA) is 47.7 Å². The van der Waals surface area contributed by atoms with Crippen LogP contribution in [0.25, 0.3) is 0 Å². The Kier molecular flexibility index (Phi) is 3.71. The van der Waals surface area contributed by atoms with E-state index in [1.807, 2.05) is 47.1 Å². The van der Waals surface area contributed by atoms with Gasteiger partial charge in [0, 0.05) is 38.7 Å². The number of rotatable bonds is 6. The van der Waals surface area contributed by atoms with Crippen LogP contribution in [0.1, 0.15) is 12.1 Å². The van der Waals surface area contributed by atoms with Crippen molar-refractivity contribution in [2.45, 2.75) is 19.5 Å². The van der Waals surface area contributed by atoms with E-state index in [0.29, 0.717) is 0 Å². The van der Waals surface area contributed by atoms with E-state index in [4.69, 9.17) is 0 Å². The molecule has 2 aromatic rings. The number of hydrogen-bond acceptors (Lipinski definition) is 3. The summed E-state index contributed by atoms with van der Waals surface area (Å²) >= 11 is 0. The summed E-state index contributed by atoms with van der Waals surface area (Å²) < 4.78 is 3.84. The van der Waals surface area contributed by atoms with Gasteiger partial charge in [-0.15, -0.1) is 0 Å². The maximum atomic E-state index is 4.15. The van der Waals surface area contributed by atoms with Crippen molar-refractivity contribution in [1.29, 1.82) is 0 Å². The second-order valence-electron chi connectivity index (χ2n) is 3.75. The van der Waals surface area contributed by atoms with E-state index in [0.717, 1.165) is 26.1 Å². The van der Waals surface area contributed by atoms with Gasteiger partial charge < -0.3 is 5.32 Å². The molecule has 0 amide bonds. The van der Waals surface area contributed by atoms with Crippen LogP contribution in [-0.4, -0.2) is 26.1 Å². The van der Waals surface area contributed by atoms with Crippen LogP contribution in [0.5, 0.6) is 0 Å². The van der Waals surface area contributed by atoms with Crippen LogP contribution in [0.3, 0.4) is 0 Å². The molecular weight excluding hydrogens is 202 g/mol. The zero-order chi connectivity index (χ0) is 11.2. The molecule has 16 heavy (non-hydrogen) atoms. The van der Waals surface area contributed by atoms with Crippen LogP contribution in [-0.2, 0) is 20.1 Å². The molecule has 2 heterocycles. The van der Waals surface area contributed by atoms with Crippen molar-refractivity contribution in [2.75, 3.05) is 6.54 Å². The van der Waals surface area contributed by atoms with Gasteiger partial charge in [-0.25, -0.2) is 0 Å². The minimum Gasteiger partial charge on any atom is -0.311 e. The third-order valence-corrected chi connectivity index (χ3v) is 2.53. The molecule has 5 heteroatoms. The maximum absolute atomic E-state index is 4.15. The average Bonchev–Trinajstić information content (AvgIpc) is 2.90. The predicted molar refractivity (Wildman–Crippen MR) is 61.8 cm³/mol. The molecule has 0 aliphatic carbocycles. The summed E-state index contributed by atoms with van der Waals surface area (Å²) in [6.07, 6.45) is 6.70. The minimum atomic E-state index is 0.871. The first-order chi connectivity index (χ1) is 7.86. The van der Waals surface area contributed by atoms with Crippen molar-refractivity contribution in [2.24, 2.45) is 7.05 Å². The van der Waals surface area contributed by atoms with Gasteiger partial charge >= 0.3 is 0 Å². The van der Waals surface area contributed by atoms with E-state index in [9.17, 15) is 0 Å². The van der Waals surface area contributed by atoms with Crippen LogP contribution < -0.4 is 5.32 Å². The average molecular weight is 219 g/mol. The quantitative estimate of drug-likeness (QED) is 0.731. The monoisotopic (exact) mass is 219 g/mol. The molecule has 0 spiro atoms. The van der Waals surface area contributed by atoms with Gasteiger partial charge in [0.1, 0.15) is 0 Å². The fourth-order valence-electron chi connectivity index (χ4n) is 1.59. The highest BCUT2D eigenvalue weighted by molar-refractivity contribution is 4.98. The second kappa shape index (κ2) is 5.46. The van der Waals surface area contributed by atoms with Gasteiger partial charge in [0.15, 0.2) is 0 Å². The molecule has 86 valence electrons. The van der Waals surface area contributed by atoms with Crippen LogP contribution in [0, 0.1) is 0 Å². The highest BCUT2D eigenvalue weighted by Crippen LogP contribution is 1.95. The molecule has 1 N–H and O–H groups in total. The molecular formula is C11H17N5. The SMILES string of the molecule is Cn1nccc1CNCCCn1cccn1. The van der Waals surface area contributed by atoms with Crippen molar-refractivity contribution >= 4 is 0 Å². The predicted octanol–water partition coefficient (Wildman–Crippen LogP) is 0.796. The smallest absolute Gasteiger partial charge is 0.0518 e. The molecule has 0 aliphatic rings.